The molecule has 0 spiro atoms. The number of benzene rings is 1. The standard InChI is InChI=1S/C14H19N3O/c1-14(15,10-6-7-10)13-16-11-4-2-3-5-12(11)17(13)8-9-18/h2-5,10,18H,6-9,15H2,1H3. The van der Waals surface area contributed by atoms with Crippen LogP contribution in [0.25, 0.3) is 11.0 Å². The fourth-order valence-corrected chi connectivity index (χ4v) is 2.68. The van der Waals surface area contributed by atoms with Crippen molar-refractivity contribution in [1.82, 2.24) is 9.55 Å². The topological polar surface area (TPSA) is 64.1 Å². The number of aliphatic hydroxyl groups is 1. The molecule has 1 aliphatic carbocycles. The predicted molar refractivity (Wildman–Crippen MR) is 71.1 cm³/mol. The minimum absolute atomic E-state index is 0.105. The van der Waals surface area contributed by atoms with Crippen LogP contribution in [0.4, 0.5) is 0 Å². The highest BCUT2D eigenvalue weighted by molar-refractivity contribution is 5.76. The lowest BCUT2D eigenvalue weighted by Gasteiger charge is -2.24. The number of imidazole rings is 1. The lowest BCUT2D eigenvalue weighted by molar-refractivity contribution is 0.269. The smallest absolute Gasteiger partial charge is 0.130 e. The van der Waals surface area contributed by atoms with Gasteiger partial charge in [0, 0.05) is 6.54 Å². The quantitative estimate of drug-likeness (QED) is 0.860. The SMILES string of the molecule is CC(N)(c1nc2ccccc2n1CCO)C1CC1. The van der Waals surface area contributed by atoms with Gasteiger partial charge in [-0.1, -0.05) is 12.1 Å². The normalized spacial score (nSPS) is 19.1. The van der Waals surface area contributed by atoms with Crippen LogP contribution in [-0.2, 0) is 12.1 Å². The largest absolute Gasteiger partial charge is 0.395 e. The molecule has 18 heavy (non-hydrogen) atoms. The van der Waals surface area contributed by atoms with Crippen LogP contribution < -0.4 is 5.73 Å². The van der Waals surface area contributed by atoms with Crippen molar-refractivity contribution in [3.8, 4) is 0 Å². The van der Waals surface area contributed by atoms with Gasteiger partial charge in [0.25, 0.3) is 0 Å². The van der Waals surface area contributed by atoms with Gasteiger partial charge in [-0.15, -0.1) is 0 Å². The summed E-state index contributed by atoms with van der Waals surface area (Å²) in [6, 6.07) is 8.00. The third-order valence-electron chi connectivity index (χ3n) is 3.89. The van der Waals surface area contributed by atoms with E-state index in [1.54, 1.807) is 0 Å². The first-order valence-corrected chi connectivity index (χ1v) is 6.50. The Balaban J connectivity index is 2.17. The summed E-state index contributed by atoms with van der Waals surface area (Å²) in [6.45, 7) is 2.71. The third-order valence-corrected chi connectivity index (χ3v) is 3.89. The highest BCUT2D eigenvalue weighted by Gasteiger charge is 2.43. The van der Waals surface area contributed by atoms with Crippen LogP contribution in [0.3, 0.4) is 0 Å². The van der Waals surface area contributed by atoms with Gasteiger partial charge in [0.15, 0.2) is 0 Å². The molecule has 0 amide bonds. The molecule has 1 aliphatic rings. The van der Waals surface area contributed by atoms with Crippen molar-refractivity contribution in [3.63, 3.8) is 0 Å². The number of nitrogens with zero attached hydrogens (tertiary/aromatic N) is 2. The summed E-state index contributed by atoms with van der Waals surface area (Å²) in [7, 11) is 0. The molecule has 1 heterocycles. The molecule has 2 aromatic rings. The van der Waals surface area contributed by atoms with Gasteiger partial charge >= 0.3 is 0 Å². The van der Waals surface area contributed by atoms with E-state index in [0.29, 0.717) is 12.5 Å². The Morgan fingerprint density at radius 3 is 2.83 bits per heavy atom. The van der Waals surface area contributed by atoms with E-state index in [9.17, 15) is 5.11 Å². The Hall–Kier alpha value is -1.39. The molecule has 1 aromatic carbocycles. The summed E-state index contributed by atoms with van der Waals surface area (Å²) < 4.78 is 2.06. The van der Waals surface area contributed by atoms with E-state index in [1.807, 2.05) is 24.3 Å². The number of rotatable bonds is 4. The molecule has 0 radical (unpaired) electrons. The van der Waals surface area contributed by atoms with E-state index in [4.69, 9.17) is 10.7 Å². The summed E-state index contributed by atoms with van der Waals surface area (Å²) in [6.07, 6.45) is 2.35. The van der Waals surface area contributed by atoms with E-state index in [2.05, 4.69) is 11.5 Å². The lowest BCUT2D eigenvalue weighted by atomic mass is 9.96. The Morgan fingerprint density at radius 2 is 2.17 bits per heavy atom. The highest BCUT2D eigenvalue weighted by Crippen LogP contribution is 2.43. The number of nitrogens with two attached hydrogens (primary N) is 1. The fraction of sp³-hybridized carbons (Fsp3) is 0.500. The van der Waals surface area contributed by atoms with Crippen LogP contribution in [0.15, 0.2) is 24.3 Å². The number of para-hydroxylation sites is 2. The molecule has 1 fully saturated rings. The monoisotopic (exact) mass is 245 g/mol. The van der Waals surface area contributed by atoms with Gasteiger partial charge in [-0.2, -0.15) is 0 Å². The fourth-order valence-electron chi connectivity index (χ4n) is 2.68. The second-order valence-corrected chi connectivity index (χ2v) is 5.36. The minimum Gasteiger partial charge on any atom is -0.395 e. The number of hydrogen-bond acceptors (Lipinski definition) is 3. The molecule has 1 atom stereocenters. The average molecular weight is 245 g/mol. The second kappa shape index (κ2) is 4.07. The van der Waals surface area contributed by atoms with Crippen molar-refractivity contribution in [2.24, 2.45) is 11.7 Å². The number of hydrogen-bond donors (Lipinski definition) is 2. The van der Waals surface area contributed by atoms with E-state index in [1.165, 1.54) is 12.8 Å². The first kappa shape index (κ1) is 11.7. The molecule has 1 unspecified atom stereocenters. The molecule has 0 aliphatic heterocycles. The van der Waals surface area contributed by atoms with Crippen LogP contribution in [0.2, 0.25) is 0 Å². The van der Waals surface area contributed by atoms with Gasteiger partial charge in [-0.3, -0.25) is 0 Å². The van der Waals surface area contributed by atoms with Crippen LogP contribution in [0.5, 0.6) is 0 Å². The molecule has 1 aromatic heterocycles. The van der Waals surface area contributed by atoms with Crippen molar-refractivity contribution >= 4 is 11.0 Å². The first-order valence-electron chi connectivity index (χ1n) is 6.50. The maximum absolute atomic E-state index is 9.25. The molecule has 0 bridgehead atoms. The zero-order valence-corrected chi connectivity index (χ0v) is 10.6. The summed E-state index contributed by atoms with van der Waals surface area (Å²) in [4.78, 5) is 4.69. The lowest BCUT2D eigenvalue weighted by Crippen LogP contribution is -2.38. The van der Waals surface area contributed by atoms with E-state index < -0.39 is 5.54 Å². The maximum atomic E-state index is 9.25. The average Bonchev–Trinajstić information content (AvgIpc) is 3.14. The zero-order valence-electron chi connectivity index (χ0n) is 10.6. The Morgan fingerprint density at radius 1 is 1.44 bits per heavy atom. The Kier molecular flexibility index (Phi) is 2.64. The minimum atomic E-state index is -0.395. The van der Waals surface area contributed by atoms with Crippen molar-refractivity contribution in [3.05, 3.63) is 30.1 Å². The summed E-state index contributed by atoms with van der Waals surface area (Å²) in [5.74, 6) is 1.42. The van der Waals surface area contributed by atoms with Crippen molar-refractivity contribution < 1.29 is 5.11 Å². The van der Waals surface area contributed by atoms with Gasteiger partial charge in [0.05, 0.1) is 23.2 Å². The highest BCUT2D eigenvalue weighted by atomic mass is 16.3. The molecule has 3 rings (SSSR count). The Labute approximate surface area is 106 Å². The molecule has 3 N–H and O–H groups in total. The summed E-state index contributed by atoms with van der Waals surface area (Å²) in [5.41, 5.74) is 8.09. The van der Waals surface area contributed by atoms with Gasteiger partial charge in [0.1, 0.15) is 5.82 Å². The molecule has 1 saturated carbocycles. The zero-order chi connectivity index (χ0) is 12.8. The van der Waals surface area contributed by atoms with Crippen molar-refractivity contribution in [2.75, 3.05) is 6.61 Å². The predicted octanol–water partition coefficient (Wildman–Crippen LogP) is 1.61. The summed E-state index contributed by atoms with van der Waals surface area (Å²) in [5, 5.41) is 9.25. The molecule has 0 saturated heterocycles. The van der Waals surface area contributed by atoms with Crippen LogP contribution >= 0.6 is 0 Å². The van der Waals surface area contributed by atoms with Crippen molar-refractivity contribution in [2.45, 2.75) is 31.8 Å². The van der Waals surface area contributed by atoms with Crippen LogP contribution in [0.1, 0.15) is 25.6 Å². The van der Waals surface area contributed by atoms with E-state index in [-0.39, 0.29) is 6.61 Å². The molecule has 96 valence electrons. The van der Waals surface area contributed by atoms with Gasteiger partial charge in [-0.05, 0) is 37.8 Å². The van der Waals surface area contributed by atoms with Crippen LogP contribution in [0, 0.1) is 5.92 Å². The summed E-state index contributed by atoms with van der Waals surface area (Å²) >= 11 is 0. The van der Waals surface area contributed by atoms with E-state index >= 15 is 0 Å². The molecule has 4 nitrogen and oxygen atoms in total. The maximum Gasteiger partial charge on any atom is 0.130 e. The number of fused-ring (bicyclic) bond motifs is 1. The van der Waals surface area contributed by atoms with Crippen LogP contribution in [-0.4, -0.2) is 21.3 Å². The molecule has 4 heteroatoms. The second-order valence-electron chi connectivity index (χ2n) is 5.36. The van der Waals surface area contributed by atoms with Gasteiger partial charge < -0.3 is 15.4 Å². The number of aliphatic hydroxyl groups excluding tert-OH is 1. The van der Waals surface area contributed by atoms with Gasteiger partial charge in [0.2, 0.25) is 0 Å². The molecular formula is C14H19N3O. The molecular weight excluding hydrogens is 226 g/mol. The van der Waals surface area contributed by atoms with Crippen molar-refractivity contribution in [1.29, 1.82) is 0 Å². The third kappa shape index (κ3) is 1.72. The Bertz CT molecular complexity index is 569. The van der Waals surface area contributed by atoms with Gasteiger partial charge in [-0.25, -0.2) is 4.98 Å². The number of aromatic nitrogens is 2. The van der Waals surface area contributed by atoms with E-state index in [0.717, 1.165) is 16.9 Å². The first-order chi connectivity index (χ1) is 8.64.